The highest BCUT2D eigenvalue weighted by molar-refractivity contribution is 6.04. The zero-order chi connectivity index (χ0) is 17.2. The van der Waals surface area contributed by atoms with Crippen LogP contribution in [0.3, 0.4) is 0 Å². The van der Waals surface area contributed by atoms with E-state index in [1.54, 1.807) is 42.7 Å². The van der Waals surface area contributed by atoms with Crippen molar-refractivity contribution in [3.8, 4) is 11.5 Å². The normalized spacial score (nSPS) is 10.8. The second-order valence-corrected chi connectivity index (χ2v) is 5.41. The van der Waals surface area contributed by atoms with Crippen molar-refractivity contribution >= 4 is 22.7 Å². The maximum Gasteiger partial charge on any atom is 0.255 e. The van der Waals surface area contributed by atoms with Gasteiger partial charge in [-0.25, -0.2) is 9.37 Å². The Kier molecular flexibility index (Phi) is 3.70. The molecule has 122 valence electrons. The molecular formula is C19H12FN3O2. The Bertz CT molecular complexity index is 1060. The molecule has 4 aromatic rings. The highest BCUT2D eigenvalue weighted by atomic mass is 19.1. The molecule has 5 nitrogen and oxygen atoms in total. The largest absolute Gasteiger partial charge is 0.436 e. The molecule has 6 heteroatoms. The minimum Gasteiger partial charge on any atom is -0.436 e. The summed E-state index contributed by atoms with van der Waals surface area (Å²) in [6.45, 7) is 0. The van der Waals surface area contributed by atoms with E-state index in [9.17, 15) is 9.18 Å². The Morgan fingerprint density at radius 3 is 2.80 bits per heavy atom. The first kappa shape index (κ1) is 15.0. The smallest absolute Gasteiger partial charge is 0.255 e. The first-order valence-corrected chi connectivity index (χ1v) is 7.57. The summed E-state index contributed by atoms with van der Waals surface area (Å²) < 4.78 is 18.9. The Balaban J connectivity index is 1.62. The Labute approximate surface area is 142 Å². The van der Waals surface area contributed by atoms with Crippen molar-refractivity contribution in [2.24, 2.45) is 0 Å². The molecule has 0 saturated carbocycles. The lowest BCUT2D eigenvalue weighted by atomic mass is 10.2. The number of halogens is 1. The first-order valence-electron chi connectivity index (χ1n) is 7.57. The van der Waals surface area contributed by atoms with E-state index in [1.807, 2.05) is 6.07 Å². The number of nitrogens with zero attached hydrogens (tertiary/aromatic N) is 2. The third kappa shape index (κ3) is 3.10. The zero-order valence-electron chi connectivity index (χ0n) is 12.9. The third-order valence-electron chi connectivity index (χ3n) is 3.64. The molecule has 0 aliphatic carbocycles. The van der Waals surface area contributed by atoms with Gasteiger partial charge in [-0.05, 0) is 48.5 Å². The number of oxazole rings is 1. The number of anilines is 1. The molecule has 0 atom stereocenters. The number of rotatable bonds is 3. The van der Waals surface area contributed by atoms with Gasteiger partial charge in [0.05, 0.1) is 5.56 Å². The zero-order valence-corrected chi connectivity index (χ0v) is 12.9. The topological polar surface area (TPSA) is 68.0 Å². The molecule has 0 fully saturated rings. The van der Waals surface area contributed by atoms with Gasteiger partial charge in [-0.2, -0.15) is 0 Å². The SMILES string of the molecule is O=C(Nc1ccc2oc(-c3cccnc3)nc2c1)c1cccc(F)c1. The van der Waals surface area contributed by atoms with Gasteiger partial charge in [0, 0.05) is 23.6 Å². The molecule has 0 saturated heterocycles. The average Bonchev–Trinajstić information content (AvgIpc) is 3.06. The summed E-state index contributed by atoms with van der Waals surface area (Å²) in [6, 6.07) is 14.3. The van der Waals surface area contributed by atoms with Gasteiger partial charge in [-0.3, -0.25) is 9.78 Å². The van der Waals surface area contributed by atoms with Gasteiger partial charge in [-0.1, -0.05) is 6.07 Å². The summed E-state index contributed by atoms with van der Waals surface area (Å²) in [6.07, 6.45) is 3.34. The molecule has 4 rings (SSSR count). The summed E-state index contributed by atoms with van der Waals surface area (Å²) in [5.74, 6) is -0.396. The van der Waals surface area contributed by atoms with Crippen LogP contribution in [0.5, 0.6) is 0 Å². The van der Waals surface area contributed by atoms with Gasteiger partial charge in [0.2, 0.25) is 5.89 Å². The molecular weight excluding hydrogens is 321 g/mol. The fourth-order valence-corrected chi connectivity index (χ4v) is 2.45. The van der Waals surface area contributed by atoms with E-state index in [4.69, 9.17) is 4.42 Å². The number of carbonyl (C=O) groups is 1. The number of amides is 1. The van der Waals surface area contributed by atoms with E-state index in [0.717, 1.165) is 5.56 Å². The molecule has 2 heterocycles. The Morgan fingerprint density at radius 1 is 1.08 bits per heavy atom. The molecule has 0 radical (unpaired) electrons. The van der Waals surface area contributed by atoms with Crippen molar-refractivity contribution in [1.82, 2.24) is 9.97 Å². The lowest BCUT2D eigenvalue weighted by Crippen LogP contribution is -2.11. The van der Waals surface area contributed by atoms with Crippen LogP contribution in [0.1, 0.15) is 10.4 Å². The molecule has 1 amide bonds. The maximum absolute atomic E-state index is 13.2. The molecule has 0 aliphatic heterocycles. The van der Waals surface area contributed by atoms with Gasteiger partial charge in [0.15, 0.2) is 5.58 Å². The van der Waals surface area contributed by atoms with Gasteiger partial charge in [-0.15, -0.1) is 0 Å². The molecule has 25 heavy (non-hydrogen) atoms. The van der Waals surface area contributed by atoms with Crippen molar-refractivity contribution in [2.75, 3.05) is 5.32 Å². The van der Waals surface area contributed by atoms with Crippen LogP contribution in [-0.4, -0.2) is 15.9 Å². The van der Waals surface area contributed by atoms with E-state index in [2.05, 4.69) is 15.3 Å². The monoisotopic (exact) mass is 333 g/mol. The van der Waals surface area contributed by atoms with Crippen LogP contribution in [0.4, 0.5) is 10.1 Å². The fourth-order valence-electron chi connectivity index (χ4n) is 2.45. The second kappa shape index (κ2) is 6.16. The lowest BCUT2D eigenvalue weighted by Gasteiger charge is -2.04. The summed E-state index contributed by atoms with van der Waals surface area (Å²) in [5.41, 5.74) is 2.77. The standard InChI is InChI=1S/C19H12FN3O2/c20-14-5-1-3-12(9-14)18(24)22-15-6-7-17-16(10-15)23-19(25-17)13-4-2-8-21-11-13/h1-11H,(H,22,24). The highest BCUT2D eigenvalue weighted by Crippen LogP contribution is 2.25. The van der Waals surface area contributed by atoms with E-state index >= 15 is 0 Å². The molecule has 2 aromatic heterocycles. The third-order valence-corrected chi connectivity index (χ3v) is 3.64. The van der Waals surface area contributed by atoms with Crippen LogP contribution in [0.15, 0.2) is 71.4 Å². The number of carbonyl (C=O) groups excluding carboxylic acids is 1. The molecule has 2 aromatic carbocycles. The Morgan fingerprint density at radius 2 is 2.00 bits per heavy atom. The summed E-state index contributed by atoms with van der Waals surface area (Å²) in [7, 11) is 0. The van der Waals surface area contributed by atoms with Gasteiger partial charge < -0.3 is 9.73 Å². The molecule has 0 unspecified atom stereocenters. The van der Waals surface area contributed by atoms with E-state index in [1.165, 1.54) is 18.2 Å². The van der Waals surface area contributed by atoms with Gasteiger partial charge >= 0.3 is 0 Å². The summed E-state index contributed by atoms with van der Waals surface area (Å²) in [5, 5.41) is 2.73. The van der Waals surface area contributed by atoms with Crippen LogP contribution >= 0.6 is 0 Å². The molecule has 0 spiro atoms. The molecule has 0 bridgehead atoms. The number of hydrogen-bond acceptors (Lipinski definition) is 4. The minimum atomic E-state index is -0.458. The van der Waals surface area contributed by atoms with Crippen LogP contribution in [0, 0.1) is 5.82 Å². The Hall–Kier alpha value is -3.54. The fraction of sp³-hybridized carbons (Fsp3) is 0. The van der Waals surface area contributed by atoms with E-state index < -0.39 is 11.7 Å². The van der Waals surface area contributed by atoms with Crippen LogP contribution in [0.2, 0.25) is 0 Å². The average molecular weight is 333 g/mol. The van der Waals surface area contributed by atoms with E-state index in [0.29, 0.717) is 22.7 Å². The number of benzene rings is 2. The maximum atomic E-state index is 13.2. The van der Waals surface area contributed by atoms with Crippen molar-refractivity contribution in [3.63, 3.8) is 0 Å². The van der Waals surface area contributed by atoms with Crippen LogP contribution in [0.25, 0.3) is 22.6 Å². The van der Waals surface area contributed by atoms with Crippen LogP contribution in [-0.2, 0) is 0 Å². The molecule has 1 N–H and O–H groups in total. The highest BCUT2D eigenvalue weighted by Gasteiger charge is 2.11. The second-order valence-electron chi connectivity index (χ2n) is 5.41. The molecule has 0 aliphatic rings. The van der Waals surface area contributed by atoms with Crippen molar-refractivity contribution in [1.29, 1.82) is 0 Å². The number of aromatic nitrogens is 2. The van der Waals surface area contributed by atoms with Crippen molar-refractivity contribution < 1.29 is 13.6 Å². The first-order chi connectivity index (χ1) is 12.2. The van der Waals surface area contributed by atoms with Crippen molar-refractivity contribution in [3.05, 3.63) is 78.4 Å². The number of nitrogens with one attached hydrogen (secondary N) is 1. The predicted octanol–water partition coefficient (Wildman–Crippen LogP) is 4.28. The minimum absolute atomic E-state index is 0.247. The summed E-state index contributed by atoms with van der Waals surface area (Å²) >= 11 is 0. The van der Waals surface area contributed by atoms with Gasteiger partial charge in [0.25, 0.3) is 5.91 Å². The number of fused-ring (bicyclic) bond motifs is 1. The quantitative estimate of drug-likeness (QED) is 0.607. The van der Waals surface area contributed by atoms with Gasteiger partial charge in [0.1, 0.15) is 11.3 Å². The van der Waals surface area contributed by atoms with Crippen LogP contribution < -0.4 is 5.32 Å². The number of pyridine rings is 1. The van der Waals surface area contributed by atoms with E-state index in [-0.39, 0.29) is 5.56 Å². The lowest BCUT2D eigenvalue weighted by molar-refractivity contribution is 0.102. The van der Waals surface area contributed by atoms with Crippen molar-refractivity contribution in [2.45, 2.75) is 0 Å². The predicted molar refractivity (Wildman–Crippen MR) is 91.6 cm³/mol. The number of hydrogen-bond donors (Lipinski definition) is 1. The summed E-state index contributed by atoms with van der Waals surface area (Å²) in [4.78, 5) is 20.7.